The van der Waals surface area contributed by atoms with Gasteiger partial charge in [-0.2, -0.15) is 0 Å². The Morgan fingerprint density at radius 2 is 1.83 bits per heavy atom. The summed E-state index contributed by atoms with van der Waals surface area (Å²) in [7, 11) is 0. The van der Waals surface area contributed by atoms with Gasteiger partial charge in [-0.15, -0.1) is 0 Å². The maximum Gasteiger partial charge on any atom is 0.350 e. The Morgan fingerprint density at radius 3 is 2.54 bits per heavy atom. The third kappa shape index (κ3) is 5.24. The second-order valence-electron chi connectivity index (χ2n) is 7.58. The summed E-state index contributed by atoms with van der Waals surface area (Å²) in [5.41, 5.74) is 0.724. The number of amides is 1. The first-order chi connectivity index (χ1) is 16.8. The lowest BCUT2D eigenvalue weighted by Gasteiger charge is -2.20. The molecule has 4 aromatic rings. The number of aromatic nitrogens is 3. The number of carbonyl (C=O) groups is 2. The highest BCUT2D eigenvalue weighted by atomic mass is 32.1. The fraction of sp³-hybridized carbons (Fsp3) is 0.208. The van der Waals surface area contributed by atoms with Crippen LogP contribution in [0, 0.1) is 18.6 Å². The number of hydrogen-bond acceptors (Lipinski definition) is 7. The smallest absolute Gasteiger partial charge is 0.350 e. The summed E-state index contributed by atoms with van der Waals surface area (Å²) in [5, 5.41) is 0.257. The van der Waals surface area contributed by atoms with E-state index in [9.17, 15) is 23.2 Å². The van der Waals surface area contributed by atoms with Gasteiger partial charge in [0.1, 0.15) is 23.1 Å². The van der Waals surface area contributed by atoms with Crippen LogP contribution in [0.2, 0.25) is 0 Å². The lowest BCUT2D eigenvalue weighted by Crippen LogP contribution is -2.36. The summed E-state index contributed by atoms with van der Waals surface area (Å²) in [6, 6.07) is 9.22. The van der Waals surface area contributed by atoms with Crippen LogP contribution in [-0.2, 0) is 22.6 Å². The van der Waals surface area contributed by atoms with Crippen LogP contribution in [0.4, 0.5) is 13.9 Å². The molecule has 2 aromatic carbocycles. The van der Waals surface area contributed by atoms with Gasteiger partial charge in [-0.1, -0.05) is 23.5 Å². The molecule has 0 fully saturated rings. The minimum atomic E-state index is -0.594. The van der Waals surface area contributed by atoms with Crippen LogP contribution < -0.4 is 10.5 Å². The predicted octanol–water partition coefficient (Wildman–Crippen LogP) is 3.85. The largest absolute Gasteiger partial charge is 0.462 e. The Hall–Kier alpha value is -3.99. The van der Waals surface area contributed by atoms with E-state index in [1.54, 1.807) is 13.8 Å². The number of thiazole rings is 1. The topological polar surface area (TPSA) is 94.4 Å². The molecule has 2 aromatic heterocycles. The summed E-state index contributed by atoms with van der Waals surface area (Å²) in [6.45, 7) is 3.09. The van der Waals surface area contributed by atoms with Crippen molar-refractivity contribution < 1.29 is 23.1 Å². The lowest BCUT2D eigenvalue weighted by molar-refractivity contribution is -0.119. The van der Waals surface area contributed by atoms with E-state index in [2.05, 4.69) is 9.97 Å². The van der Waals surface area contributed by atoms with Crippen LogP contribution in [0.25, 0.3) is 10.9 Å². The zero-order valence-corrected chi connectivity index (χ0v) is 19.6. The molecule has 4 rings (SSSR count). The zero-order chi connectivity index (χ0) is 25.1. The molecule has 0 unspecified atom stereocenters. The first-order valence-electron chi connectivity index (χ1n) is 10.6. The number of anilines is 1. The molecule has 0 atom stereocenters. The number of aryl methyl sites for hydroxylation is 1. The van der Waals surface area contributed by atoms with E-state index < -0.39 is 35.6 Å². The molecule has 0 aliphatic rings. The van der Waals surface area contributed by atoms with Crippen molar-refractivity contribution in [2.45, 2.75) is 26.9 Å². The van der Waals surface area contributed by atoms with Gasteiger partial charge in [-0.3, -0.25) is 19.1 Å². The minimum absolute atomic E-state index is 0.0126. The van der Waals surface area contributed by atoms with E-state index in [0.29, 0.717) is 16.8 Å². The van der Waals surface area contributed by atoms with Crippen molar-refractivity contribution in [2.75, 3.05) is 11.5 Å². The average molecular weight is 499 g/mol. The van der Waals surface area contributed by atoms with Gasteiger partial charge >= 0.3 is 5.97 Å². The number of hydrogen-bond donors (Lipinski definition) is 0. The molecule has 0 saturated carbocycles. The number of ether oxygens (including phenoxy) is 1. The van der Waals surface area contributed by atoms with Crippen LogP contribution in [0.15, 0.2) is 53.6 Å². The molecule has 0 N–H and O–H groups in total. The second-order valence-corrected chi connectivity index (χ2v) is 8.55. The molecular formula is C24H20F2N4O4S. The van der Waals surface area contributed by atoms with E-state index in [4.69, 9.17) is 4.74 Å². The maximum absolute atomic E-state index is 13.7. The van der Waals surface area contributed by atoms with Gasteiger partial charge in [0, 0.05) is 0 Å². The number of rotatable bonds is 7. The Bertz CT molecular complexity index is 1470. The van der Waals surface area contributed by atoms with Crippen molar-refractivity contribution in [1.82, 2.24) is 14.5 Å². The molecule has 0 spiro atoms. The van der Waals surface area contributed by atoms with Gasteiger partial charge in [0.15, 0.2) is 5.13 Å². The van der Waals surface area contributed by atoms with E-state index in [1.165, 1.54) is 47.6 Å². The van der Waals surface area contributed by atoms with E-state index in [1.807, 2.05) is 0 Å². The summed E-state index contributed by atoms with van der Waals surface area (Å²) in [5.74, 6) is -2.11. The van der Waals surface area contributed by atoms with Crippen LogP contribution in [0.3, 0.4) is 0 Å². The number of halogens is 2. The van der Waals surface area contributed by atoms with E-state index in [0.717, 1.165) is 22.0 Å². The fourth-order valence-electron chi connectivity index (χ4n) is 3.39. The molecule has 180 valence electrons. The van der Waals surface area contributed by atoms with Crippen molar-refractivity contribution in [3.05, 3.63) is 86.9 Å². The standard InChI is InChI=1S/C24H20F2N4O4S/c1-3-34-23(33)21-14(2)28-24(35-21)30(11-15-4-6-16(25)7-5-15)20(31)12-29-13-27-19-9-8-17(26)10-18(19)22(29)32/h4-10,13H,3,11-12H2,1-2H3. The zero-order valence-electron chi connectivity index (χ0n) is 18.8. The Balaban J connectivity index is 1.70. The SMILES string of the molecule is CCOC(=O)c1sc(N(Cc2ccc(F)cc2)C(=O)Cn2cnc3ccc(F)cc3c2=O)nc1C. The van der Waals surface area contributed by atoms with Gasteiger partial charge in [0.2, 0.25) is 5.91 Å². The lowest BCUT2D eigenvalue weighted by atomic mass is 10.2. The van der Waals surface area contributed by atoms with Gasteiger partial charge in [-0.25, -0.2) is 23.5 Å². The monoisotopic (exact) mass is 498 g/mol. The molecular weight excluding hydrogens is 478 g/mol. The number of fused-ring (bicyclic) bond motifs is 1. The third-order valence-electron chi connectivity index (χ3n) is 5.12. The number of benzene rings is 2. The molecule has 2 heterocycles. The maximum atomic E-state index is 13.7. The molecule has 11 heteroatoms. The highest BCUT2D eigenvalue weighted by Gasteiger charge is 2.25. The molecule has 35 heavy (non-hydrogen) atoms. The number of nitrogens with zero attached hydrogens (tertiary/aromatic N) is 4. The number of carbonyl (C=O) groups excluding carboxylic acids is 2. The minimum Gasteiger partial charge on any atom is -0.462 e. The first kappa shape index (κ1) is 24.1. The quantitative estimate of drug-likeness (QED) is 0.359. The Kier molecular flexibility index (Phi) is 6.97. The molecule has 8 nitrogen and oxygen atoms in total. The molecule has 0 aliphatic heterocycles. The van der Waals surface area contributed by atoms with E-state index in [-0.39, 0.29) is 28.5 Å². The van der Waals surface area contributed by atoms with Gasteiger partial charge in [0.05, 0.1) is 36.1 Å². The van der Waals surface area contributed by atoms with Crippen molar-refractivity contribution in [3.63, 3.8) is 0 Å². The van der Waals surface area contributed by atoms with Crippen LogP contribution in [-0.4, -0.2) is 33.0 Å². The fourth-order valence-corrected chi connectivity index (χ4v) is 4.37. The highest BCUT2D eigenvalue weighted by Crippen LogP contribution is 2.28. The molecule has 0 saturated heterocycles. The van der Waals surface area contributed by atoms with Crippen LogP contribution >= 0.6 is 11.3 Å². The van der Waals surface area contributed by atoms with Gasteiger partial charge in [0.25, 0.3) is 5.56 Å². The molecule has 0 radical (unpaired) electrons. The highest BCUT2D eigenvalue weighted by molar-refractivity contribution is 7.17. The van der Waals surface area contributed by atoms with Crippen molar-refractivity contribution in [3.8, 4) is 0 Å². The summed E-state index contributed by atoms with van der Waals surface area (Å²) in [6.07, 6.45) is 1.22. The Labute approximate surface area is 202 Å². The molecule has 0 bridgehead atoms. The van der Waals surface area contributed by atoms with Gasteiger partial charge in [-0.05, 0) is 49.7 Å². The summed E-state index contributed by atoms with van der Waals surface area (Å²) in [4.78, 5) is 48.6. The normalized spacial score (nSPS) is 11.0. The second kappa shape index (κ2) is 10.1. The van der Waals surface area contributed by atoms with Crippen LogP contribution in [0.1, 0.15) is 27.9 Å². The predicted molar refractivity (Wildman–Crippen MR) is 126 cm³/mol. The third-order valence-corrected chi connectivity index (χ3v) is 6.28. The van der Waals surface area contributed by atoms with Crippen LogP contribution in [0.5, 0.6) is 0 Å². The molecule has 1 amide bonds. The van der Waals surface area contributed by atoms with Gasteiger partial charge < -0.3 is 4.74 Å². The van der Waals surface area contributed by atoms with Crippen molar-refractivity contribution in [2.24, 2.45) is 0 Å². The summed E-state index contributed by atoms with van der Waals surface area (Å²) < 4.78 is 33.2. The molecule has 0 aliphatic carbocycles. The van der Waals surface area contributed by atoms with Crippen molar-refractivity contribution in [1.29, 1.82) is 0 Å². The van der Waals surface area contributed by atoms with E-state index >= 15 is 0 Å². The summed E-state index contributed by atoms with van der Waals surface area (Å²) >= 11 is 0.978. The number of esters is 1. The first-order valence-corrected chi connectivity index (χ1v) is 11.4. The van der Waals surface area contributed by atoms with Crippen molar-refractivity contribution >= 4 is 39.2 Å². The average Bonchev–Trinajstić information content (AvgIpc) is 3.22. The Morgan fingerprint density at radius 1 is 1.11 bits per heavy atom.